The monoisotopic (exact) mass is 447 g/mol. The summed E-state index contributed by atoms with van der Waals surface area (Å²) >= 11 is 0. The molecule has 1 saturated heterocycles. The molecule has 1 unspecified atom stereocenters. The average Bonchev–Trinajstić information content (AvgIpc) is 3.09. The first kappa shape index (κ1) is 22.1. The summed E-state index contributed by atoms with van der Waals surface area (Å²) in [6, 6.07) is 16.3. The van der Waals surface area contributed by atoms with E-state index in [1.165, 1.54) is 43.4 Å². The summed E-state index contributed by atoms with van der Waals surface area (Å²) in [5.74, 6) is -2.20. The molecule has 1 fully saturated rings. The fourth-order valence-corrected chi connectivity index (χ4v) is 3.94. The molecule has 1 aliphatic rings. The molecule has 6 nitrogen and oxygen atoms in total. The minimum atomic E-state index is -1.18. The molecule has 1 N–H and O–H groups in total. The smallest absolute Gasteiger partial charge is 0.300 e. The van der Waals surface area contributed by atoms with Gasteiger partial charge in [0.25, 0.3) is 11.7 Å². The number of hydrogen-bond donors (Lipinski definition) is 1. The van der Waals surface area contributed by atoms with Gasteiger partial charge < -0.3 is 14.6 Å². The van der Waals surface area contributed by atoms with Gasteiger partial charge in [-0.25, -0.2) is 4.39 Å². The molecule has 0 radical (unpaired) electrons. The van der Waals surface area contributed by atoms with Crippen molar-refractivity contribution in [3.05, 3.63) is 94.8 Å². The number of carbonyl (C=O) groups excluding carboxylic acids is 2. The first-order chi connectivity index (χ1) is 15.9. The van der Waals surface area contributed by atoms with E-state index in [1.54, 1.807) is 42.5 Å². The number of hydrogen-bond acceptors (Lipinski definition) is 5. The molecule has 1 heterocycles. The van der Waals surface area contributed by atoms with Gasteiger partial charge >= 0.3 is 0 Å². The molecule has 0 spiro atoms. The number of rotatable bonds is 5. The summed E-state index contributed by atoms with van der Waals surface area (Å²) in [5, 5.41) is 11.3. The number of aliphatic hydroxyl groups excluding tert-OH is 1. The first-order valence-corrected chi connectivity index (χ1v) is 10.2. The predicted octanol–water partition coefficient (Wildman–Crippen LogP) is 4.78. The van der Waals surface area contributed by atoms with Gasteiger partial charge in [-0.1, -0.05) is 35.9 Å². The van der Waals surface area contributed by atoms with Crippen LogP contribution in [0.4, 0.5) is 10.1 Å². The number of ether oxygens (including phenoxy) is 2. The van der Waals surface area contributed by atoms with Crippen LogP contribution in [-0.4, -0.2) is 31.0 Å². The molecule has 4 rings (SSSR count). The van der Waals surface area contributed by atoms with E-state index in [-0.39, 0.29) is 22.4 Å². The van der Waals surface area contributed by atoms with Crippen molar-refractivity contribution >= 4 is 23.1 Å². The van der Waals surface area contributed by atoms with Crippen LogP contribution in [0.3, 0.4) is 0 Å². The summed E-state index contributed by atoms with van der Waals surface area (Å²) in [6.07, 6.45) is 0. The number of halogens is 1. The first-order valence-electron chi connectivity index (χ1n) is 10.2. The number of amides is 1. The number of benzene rings is 3. The Kier molecular flexibility index (Phi) is 5.87. The van der Waals surface area contributed by atoms with E-state index in [9.17, 15) is 19.1 Å². The van der Waals surface area contributed by atoms with Gasteiger partial charge in [-0.3, -0.25) is 14.5 Å². The summed E-state index contributed by atoms with van der Waals surface area (Å²) in [5.41, 5.74) is 1.37. The molecule has 0 aliphatic carbocycles. The minimum absolute atomic E-state index is 0.0840. The minimum Gasteiger partial charge on any atom is -0.507 e. The standard InChI is InChI=1S/C26H22FNO5/c1-15-8-10-16(11-9-15)28-23(18-6-4-5-7-20(18)27)22(25(30)26(28)31)24(29)19-14-17(32-2)12-13-21(19)33-3/h4-14,23,29H,1-3H3/b24-22+. The summed E-state index contributed by atoms with van der Waals surface area (Å²) in [6.45, 7) is 1.89. The lowest BCUT2D eigenvalue weighted by molar-refractivity contribution is -0.132. The lowest BCUT2D eigenvalue weighted by atomic mass is 9.94. The maximum Gasteiger partial charge on any atom is 0.300 e. The molecule has 0 aromatic heterocycles. The molecule has 1 amide bonds. The molecule has 1 atom stereocenters. The Morgan fingerprint density at radius 2 is 1.67 bits per heavy atom. The second-order valence-corrected chi connectivity index (χ2v) is 7.59. The van der Waals surface area contributed by atoms with Gasteiger partial charge in [-0.15, -0.1) is 0 Å². The normalized spacial score (nSPS) is 17.3. The number of anilines is 1. The van der Waals surface area contributed by atoms with Crippen molar-refractivity contribution in [2.75, 3.05) is 19.1 Å². The van der Waals surface area contributed by atoms with Crippen molar-refractivity contribution in [1.82, 2.24) is 0 Å². The zero-order valence-electron chi connectivity index (χ0n) is 18.3. The van der Waals surface area contributed by atoms with Crippen LogP contribution in [-0.2, 0) is 9.59 Å². The van der Waals surface area contributed by atoms with E-state index in [2.05, 4.69) is 0 Å². The Bertz CT molecular complexity index is 1270. The SMILES string of the molecule is COc1ccc(OC)c(/C(O)=C2\C(=O)C(=O)N(c3ccc(C)cc3)C2c2ccccc2F)c1. The highest BCUT2D eigenvalue weighted by atomic mass is 19.1. The van der Waals surface area contributed by atoms with Gasteiger partial charge in [-0.2, -0.15) is 0 Å². The van der Waals surface area contributed by atoms with Crippen molar-refractivity contribution < 1.29 is 28.6 Å². The fraction of sp³-hybridized carbons (Fsp3) is 0.154. The number of ketones is 1. The Morgan fingerprint density at radius 1 is 0.970 bits per heavy atom. The topological polar surface area (TPSA) is 76.1 Å². The highest BCUT2D eigenvalue weighted by Crippen LogP contribution is 2.44. The Labute approximate surface area is 190 Å². The van der Waals surface area contributed by atoms with Gasteiger partial charge in [0.15, 0.2) is 0 Å². The van der Waals surface area contributed by atoms with Gasteiger partial charge in [0.2, 0.25) is 0 Å². The van der Waals surface area contributed by atoms with Gasteiger partial charge in [0.1, 0.15) is 23.1 Å². The van der Waals surface area contributed by atoms with Crippen LogP contribution in [0, 0.1) is 12.7 Å². The van der Waals surface area contributed by atoms with Crippen LogP contribution in [0.1, 0.15) is 22.7 Å². The fourth-order valence-electron chi connectivity index (χ4n) is 3.94. The van der Waals surface area contributed by atoms with E-state index in [1.807, 2.05) is 6.92 Å². The number of Topliss-reactive ketones (excluding diaryl/α,β-unsaturated/α-hetero) is 1. The van der Waals surface area contributed by atoms with Gasteiger partial charge in [0, 0.05) is 11.3 Å². The number of methoxy groups -OCH3 is 2. The molecule has 3 aromatic rings. The number of aryl methyl sites for hydroxylation is 1. The second kappa shape index (κ2) is 8.78. The molecular formula is C26H22FNO5. The Morgan fingerprint density at radius 3 is 2.30 bits per heavy atom. The molecule has 168 valence electrons. The van der Waals surface area contributed by atoms with Crippen molar-refractivity contribution in [2.24, 2.45) is 0 Å². The summed E-state index contributed by atoms with van der Waals surface area (Å²) in [4.78, 5) is 27.6. The maximum atomic E-state index is 15.0. The summed E-state index contributed by atoms with van der Waals surface area (Å²) in [7, 11) is 2.87. The third-order valence-electron chi connectivity index (χ3n) is 5.62. The van der Waals surface area contributed by atoms with Crippen LogP contribution in [0.25, 0.3) is 5.76 Å². The van der Waals surface area contributed by atoms with E-state index in [0.29, 0.717) is 11.4 Å². The average molecular weight is 447 g/mol. The predicted molar refractivity (Wildman–Crippen MR) is 122 cm³/mol. The highest BCUT2D eigenvalue weighted by Gasteiger charge is 2.48. The number of nitrogens with zero attached hydrogens (tertiary/aromatic N) is 1. The molecule has 0 bridgehead atoms. The zero-order chi connectivity index (χ0) is 23.7. The van der Waals surface area contributed by atoms with Crippen LogP contribution in [0.2, 0.25) is 0 Å². The molecule has 33 heavy (non-hydrogen) atoms. The molecule has 3 aromatic carbocycles. The molecule has 7 heteroatoms. The van der Waals surface area contributed by atoms with Gasteiger partial charge in [-0.05, 0) is 43.3 Å². The lowest BCUT2D eigenvalue weighted by Crippen LogP contribution is -2.29. The van der Waals surface area contributed by atoms with E-state index in [0.717, 1.165) is 5.56 Å². The highest BCUT2D eigenvalue weighted by molar-refractivity contribution is 6.51. The van der Waals surface area contributed by atoms with Crippen LogP contribution >= 0.6 is 0 Å². The van der Waals surface area contributed by atoms with E-state index < -0.39 is 29.3 Å². The van der Waals surface area contributed by atoms with Crippen molar-refractivity contribution in [1.29, 1.82) is 0 Å². The third-order valence-corrected chi connectivity index (χ3v) is 5.62. The largest absolute Gasteiger partial charge is 0.507 e. The van der Waals surface area contributed by atoms with Crippen molar-refractivity contribution in [2.45, 2.75) is 13.0 Å². The van der Waals surface area contributed by atoms with Crippen LogP contribution < -0.4 is 14.4 Å². The Hall–Kier alpha value is -4.13. The summed E-state index contributed by atoms with van der Waals surface area (Å²) < 4.78 is 25.5. The van der Waals surface area contributed by atoms with E-state index >= 15 is 0 Å². The van der Waals surface area contributed by atoms with Crippen LogP contribution in [0.15, 0.2) is 72.3 Å². The number of carbonyl (C=O) groups is 2. The van der Waals surface area contributed by atoms with Crippen molar-refractivity contribution in [3.8, 4) is 11.5 Å². The number of aliphatic hydroxyl groups is 1. The van der Waals surface area contributed by atoms with Crippen molar-refractivity contribution in [3.63, 3.8) is 0 Å². The lowest BCUT2D eigenvalue weighted by Gasteiger charge is -2.26. The molecule has 0 saturated carbocycles. The third kappa shape index (κ3) is 3.82. The quantitative estimate of drug-likeness (QED) is 0.346. The Balaban J connectivity index is 2.00. The molecular weight excluding hydrogens is 425 g/mol. The molecule has 1 aliphatic heterocycles. The zero-order valence-corrected chi connectivity index (χ0v) is 18.3. The maximum absolute atomic E-state index is 15.0. The second-order valence-electron chi connectivity index (χ2n) is 7.59. The van der Waals surface area contributed by atoms with Gasteiger partial charge in [0.05, 0.1) is 31.4 Å². The van der Waals surface area contributed by atoms with Crippen LogP contribution in [0.5, 0.6) is 11.5 Å². The van der Waals surface area contributed by atoms with E-state index in [4.69, 9.17) is 9.47 Å².